The topological polar surface area (TPSA) is 44.1 Å². The number of aromatic nitrogens is 2. The molecule has 0 radical (unpaired) electrons. The van der Waals surface area contributed by atoms with E-state index in [9.17, 15) is 18.0 Å². The fourth-order valence-corrected chi connectivity index (χ4v) is 3.32. The fraction of sp³-hybridized carbons (Fsp3) is 0.0833. The van der Waals surface area contributed by atoms with Gasteiger partial charge in [0.2, 0.25) is 0 Å². The van der Waals surface area contributed by atoms with Gasteiger partial charge < -0.3 is 4.74 Å². The maximum atomic E-state index is 13.2. The third-order valence-electron chi connectivity index (χ3n) is 4.69. The standard InChI is InChI=1S/C24H16ClF3N2O2/c25-20-8-4-5-9-21(20)30-18(14-22(29-30)24(26,27)28)15-32-19-12-10-17(11-13-19)23(31)16-6-2-1-3-7-16/h1-14H,15H2. The highest BCUT2D eigenvalue weighted by atomic mass is 35.5. The summed E-state index contributed by atoms with van der Waals surface area (Å²) in [6.07, 6.45) is -4.61. The third-order valence-corrected chi connectivity index (χ3v) is 5.01. The summed E-state index contributed by atoms with van der Waals surface area (Å²) in [6, 6.07) is 22.6. The Hall–Kier alpha value is -3.58. The van der Waals surface area contributed by atoms with Gasteiger partial charge in [-0.25, -0.2) is 4.68 Å². The van der Waals surface area contributed by atoms with Gasteiger partial charge in [-0.2, -0.15) is 18.3 Å². The van der Waals surface area contributed by atoms with Gasteiger partial charge in [-0.05, 0) is 42.5 Å². The number of hydrogen-bond donors (Lipinski definition) is 0. The van der Waals surface area contributed by atoms with Crippen LogP contribution in [0, 0.1) is 0 Å². The van der Waals surface area contributed by atoms with Gasteiger partial charge >= 0.3 is 6.18 Å². The van der Waals surface area contributed by atoms with Crippen LogP contribution in [-0.2, 0) is 12.8 Å². The predicted octanol–water partition coefficient (Wildman–Crippen LogP) is 6.35. The predicted molar refractivity (Wildman–Crippen MR) is 114 cm³/mol. The molecule has 0 N–H and O–H groups in total. The van der Waals surface area contributed by atoms with Crippen molar-refractivity contribution in [1.29, 1.82) is 0 Å². The summed E-state index contributed by atoms with van der Waals surface area (Å²) in [5.74, 6) is 0.263. The molecule has 0 saturated heterocycles. The maximum absolute atomic E-state index is 13.2. The second kappa shape index (κ2) is 8.88. The second-order valence-corrected chi connectivity index (χ2v) is 7.30. The molecule has 1 aromatic heterocycles. The Balaban J connectivity index is 1.55. The minimum Gasteiger partial charge on any atom is -0.487 e. The molecule has 0 saturated carbocycles. The molecule has 1 heterocycles. The molecule has 0 amide bonds. The van der Waals surface area contributed by atoms with Gasteiger partial charge in [0.15, 0.2) is 11.5 Å². The van der Waals surface area contributed by atoms with Crippen LogP contribution in [0.3, 0.4) is 0 Å². The van der Waals surface area contributed by atoms with Crippen molar-refractivity contribution >= 4 is 17.4 Å². The van der Waals surface area contributed by atoms with Gasteiger partial charge in [0.1, 0.15) is 12.4 Å². The minimum absolute atomic E-state index is 0.135. The molecular formula is C24H16ClF3N2O2. The molecule has 0 spiro atoms. The van der Waals surface area contributed by atoms with E-state index in [0.29, 0.717) is 22.6 Å². The molecule has 0 atom stereocenters. The number of ether oxygens (including phenoxy) is 1. The molecule has 0 unspecified atom stereocenters. The van der Waals surface area contributed by atoms with Gasteiger partial charge in [-0.3, -0.25) is 4.79 Å². The number of carbonyl (C=O) groups is 1. The number of carbonyl (C=O) groups excluding carboxylic acids is 1. The Morgan fingerprint density at radius 3 is 2.19 bits per heavy atom. The summed E-state index contributed by atoms with van der Waals surface area (Å²) in [5, 5.41) is 3.94. The van der Waals surface area contributed by atoms with E-state index in [-0.39, 0.29) is 23.1 Å². The van der Waals surface area contributed by atoms with Crippen LogP contribution in [0.5, 0.6) is 5.75 Å². The lowest BCUT2D eigenvalue weighted by molar-refractivity contribution is -0.141. The molecule has 4 aromatic rings. The average Bonchev–Trinajstić information content (AvgIpc) is 3.23. The van der Waals surface area contributed by atoms with Gasteiger partial charge in [0.05, 0.1) is 16.4 Å². The first kappa shape index (κ1) is 21.6. The summed E-state index contributed by atoms with van der Waals surface area (Å²) in [6.45, 7) is -0.180. The van der Waals surface area contributed by atoms with Crippen molar-refractivity contribution in [2.45, 2.75) is 12.8 Å². The summed E-state index contributed by atoms with van der Waals surface area (Å²) < 4.78 is 46.5. The number of benzene rings is 3. The first-order valence-corrected chi connectivity index (χ1v) is 9.94. The molecule has 0 bridgehead atoms. The first-order valence-electron chi connectivity index (χ1n) is 9.56. The Kier molecular flexibility index (Phi) is 6.01. The van der Waals surface area contributed by atoms with E-state index in [0.717, 1.165) is 10.7 Å². The van der Waals surface area contributed by atoms with Crippen LogP contribution in [0.4, 0.5) is 13.2 Å². The highest BCUT2D eigenvalue weighted by Gasteiger charge is 2.35. The van der Waals surface area contributed by atoms with E-state index >= 15 is 0 Å². The molecule has 0 fully saturated rings. The van der Waals surface area contributed by atoms with Crippen LogP contribution in [0.25, 0.3) is 5.69 Å². The molecule has 0 aliphatic carbocycles. The zero-order chi connectivity index (χ0) is 22.7. The zero-order valence-corrected chi connectivity index (χ0v) is 17.3. The molecule has 162 valence electrons. The lowest BCUT2D eigenvalue weighted by Crippen LogP contribution is -2.08. The zero-order valence-electron chi connectivity index (χ0n) is 16.5. The molecule has 0 aliphatic heterocycles. The molecular weight excluding hydrogens is 441 g/mol. The van der Waals surface area contributed by atoms with Crippen LogP contribution in [0.2, 0.25) is 5.02 Å². The van der Waals surface area contributed by atoms with Crippen molar-refractivity contribution in [2.75, 3.05) is 0 Å². The average molecular weight is 457 g/mol. The number of alkyl halides is 3. The van der Waals surface area contributed by atoms with E-state index in [1.54, 1.807) is 72.8 Å². The van der Waals surface area contributed by atoms with E-state index in [2.05, 4.69) is 5.10 Å². The lowest BCUT2D eigenvalue weighted by Gasteiger charge is -2.11. The van der Waals surface area contributed by atoms with Crippen molar-refractivity contribution < 1.29 is 22.7 Å². The molecule has 4 rings (SSSR count). The van der Waals surface area contributed by atoms with Crippen molar-refractivity contribution in [2.24, 2.45) is 0 Å². The molecule has 8 heteroatoms. The monoisotopic (exact) mass is 456 g/mol. The van der Waals surface area contributed by atoms with Crippen molar-refractivity contribution in [3.63, 3.8) is 0 Å². The SMILES string of the molecule is O=C(c1ccccc1)c1ccc(OCc2cc(C(F)(F)F)nn2-c2ccccc2Cl)cc1. The van der Waals surface area contributed by atoms with Crippen LogP contribution >= 0.6 is 11.6 Å². The second-order valence-electron chi connectivity index (χ2n) is 6.89. The summed E-state index contributed by atoms with van der Waals surface area (Å²) in [7, 11) is 0. The van der Waals surface area contributed by atoms with Gasteiger partial charge in [-0.15, -0.1) is 0 Å². The molecule has 3 aromatic carbocycles. The van der Waals surface area contributed by atoms with Crippen molar-refractivity contribution in [3.8, 4) is 11.4 Å². The molecule has 32 heavy (non-hydrogen) atoms. The molecule has 0 aliphatic rings. The summed E-state index contributed by atoms with van der Waals surface area (Å²) in [5.41, 5.74) is 0.482. The number of hydrogen-bond acceptors (Lipinski definition) is 3. The minimum atomic E-state index is -4.61. The van der Waals surface area contributed by atoms with Crippen LogP contribution in [0.15, 0.2) is 84.9 Å². The number of nitrogens with zero attached hydrogens (tertiary/aromatic N) is 2. The quantitative estimate of drug-likeness (QED) is 0.317. The van der Waals surface area contributed by atoms with Gasteiger partial charge in [0.25, 0.3) is 0 Å². The highest BCUT2D eigenvalue weighted by Crippen LogP contribution is 2.31. The van der Waals surface area contributed by atoms with Gasteiger partial charge in [-0.1, -0.05) is 54.1 Å². The van der Waals surface area contributed by atoms with Gasteiger partial charge in [0, 0.05) is 11.1 Å². The van der Waals surface area contributed by atoms with Crippen molar-refractivity contribution in [1.82, 2.24) is 9.78 Å². The normalized spacial score (nSPS) is 11.4. The van der Waals surface area contributed by atoms with E-state index in [1.165, 1.54) is 0 Å². The number of rotatable bonds is 6. The van der Waals surface area contributed by atoms with Crippen LogP contribution in [-0.4, -0.2) is 15.6 Å². The largest absolute Gasteiger partial charge is 0.487 e. The first-order chi connectivity index (χ1) is 15.3. The lowest BCUT2D eigenvalue weighted by atomic mass is 10.0. The summed E-state index contributed by atoms with van der Waals surface area (Å²) in [4.78, 5) is 12.5. The number of para-hydroxylation sites is 1. The fourth-order valence-electron chi connectivity index (χ4n) is 3.11. The third kappa shape index (κ3) is 4.68. The summed E-state index contributed by atoms with van der Waals surface area (Å²) >= 11 is 6.15. The van der Waals surface area contributed by atoms with E-state index in [4.69, 9.17) is 16.3 Å². The highest BCUT2D eigenvalue weighted by molar-refractivity contribution is 6.32. The van der Waals surface area contributed by atoms with Crippen LogP contribution < -0.4 is 4.74 Å². The van der Waals surface area contributed by atoms with Crippen molar-refractivity contribution in [3.05, 3.63) is 112 Å². The Morgan fingerprint density at radius 2 is 1.53 bits per heavy atom. The van der Waals surface area contributed by atoms with E-state index in [1.807, 2.05) is 6.07 Å². The number of halogens is 4. The Labute approximate surface area is 186 Å². The van der Waals surface area contributed by atoms with E-state index < -0.39 is 11.9 Å². The smallest absolute Gasteiger partial charge is 0.435 e. The number of ketones is 1. The molecule has 4 nitrogen and oxygen atoms in total. The Bertz CT molecular complexity index is 1240. The van der Waals surface area contributed by atoms with Crippen LogP contribution in [0.1, 0.15) is 27.3 Å². The Morgan fingerprint density at radius 1 is 0.906 bits per heavy atom. The maximum Gasteiger partial charge on any atom is 0.435 e.